The molecule has 0 aliphatic carbocycles. The van der Waals surface area contributed by atoms with Crippen LogP contribution in [0.4, 0.5) is 4.39 Å². The molecule has 0 saturated carbocycles. The minimum absolute atomic E-state index is 0.0686. The molecule has 1 aliphatic heterocycles. The van der Waals surface area contributed by atoms with Crippen LogP contribution < -0.4 is 0 Å². The summed E-state index contributed by atoms with van der Waals surface area (Å²) in [5, 5.41) is 9.83. The highest BCUT2D eigenvalue weighted by Gasteiger charge is 2.31. The van der Waals surface area contributed by atoms with Gasteiger partial charge in [0.15, 0.2) is 0 Å². The van der Waals surface area contributed by atoms with Gasteiger partial charge in [-0.3, -0.25) is 4.79 Å². The number of piperidine rings is 1. The second kappa shape index (κ2) is 4.97. The zero-order chi connectivity index (χ0) is 13.3. The number of nitrogens with zero attached hydrogens (tertiary/aromatic N) is 1. The van der Waals surface area contributed by atoms with Crippen molar-refractivity contribution in [3.63, 3.8) is 0 Å². The lowest BCUT2D eigenvalue weighted by atomic mass is 9.93. The number of hydrogen-bond donors (Lipinski definition) is 1. The Morgan fingerprint density at radius 2 is 2.06 bits per heavy atom. The molecule has 1 fully saturated rings. The zero-order valence-electron chi connectivity index (χ0n) is 10.1. The number of hydrogen-bond acceptors (Lipinski definition) is 2. The molecule has 0 bridgehead atoms. The summed E-state index contributed by atoms with van der Waals surface area (Å²) in [6, 6.07) is 4.48. The van der Waals surface area contributed by atoms with Crippen molar-refractivity contribution in [3.05, 3.63) is 34.1 Å². The first-order valence-electron chi connectivity index (χ1n) is 5.86. The van der Waals surface area contributed by atoms with Crippen LogP contribution in [0.2, 0.25) is 0 Å². The number of amides is 1. The first-order chi connectivity index (χ1) is 8.41. The Morgan fingerprint density at radius 1 is 1.44 bits per heavy atom. The molecule has 0 radical (unpaired) electrons. The second-order valence-electron chi connectivity index (χ2n) is 4.89. The van der Waals surface area contributed by atoms with Crippen molar-refractivity contribution in [1.82, 2.24) is 4.90 Å². The fourth-order valence-electron chi connectivity index (χ4n) is 2.05. The number of benzene rings is 1. The minimum atomic E-state index is -0.719. The van der Waals surface area contributed by atoms with Gasteiger partial charge in [-0.05, 0) is 47.8 Å². The van der Waals surface area contributed by atoms with Gasteiger partial charge in [-0.25, -0.2) is 4.39 Å². The predicted octanol–water partition coefficient (Wildman–Crippen LogP) is 2.58. The van der Waals surface area contributed by atoms with E-state index in [0.717, 1.165) is 0 Å². The van der Waals surface area contributed by atoms with Crippen LogP contribution in [0, 0.1) is 5.82 Å². The van der Waals surface area contributed by atoms with Crippen molar-refractivity contribution in [3.8, 4) is 0 Å². The highest BCUT2D eigenvalue weighted by molar-refractivity contribution is 9.10. The van der Waals surface area contributed by atoms with Gasteiger partial charge >= 0.3 is 0 Å². The van der Waals surface area contributed by atoms with Gasteiger partial charge in [0.25, 0.3) is 5.91 Å². The van der Waals surface area contributed by atoms with Crippen molar-refractivity contribution in [2.75, 3.05) is 13.1 Å². The quantitative estimate of drug-likeness (QED) is 0.865. The van der Waals surface area contributed by atoms with Crippen LogP contribution in [0.5, 0.6) is 0 Å². The SMILES string of the molecule is CC1(O)CCN(C(=O)c2c(F)cccc2Br)CC1. The van der Waals surface area contributed by atoms with Crippen LogP contribution in [0.15, 0.2) is 22.7 Å². The van der Waals surface area contributed by atoms with E-state index < -0.39 is 11.4 Å². The summed E-state index contributed by atoms with van der Waals surface area (Å²) in [6.07, 6.45) is 1.04. The van der Waals surface area contributed by atoms with Crippen LogP contribution in [-0.2, 0) is 0 Å². The first kappa shape index (κ1) is 13.5. The Morgan fingerprint density at radius 3 is 2.61 bits per heavy atom. The fraction of sp³-hybridized carbons (Fsp3) is 0.462. The third-order valence-electron chi connectivity index (χ3n) is 3.30. The molecule has 1 aliphatic rings. The van der Waals surface area contributed by atoms with Gasteiger partial charge in [-0.2, -0.15) is 0 Å². The van der Waals surface area contributed by atoms with Gasteiger partial charge in [0.2, 0.25) is 0 Å². The Labute approximate surface area is 114 Å². The summed E-state index contributed by atoms with van der Waals surface area (Å²) >= 11 is 3.20. The molecule has 1 aromatic rings. The van der Waals surface area contributed by atoms with Crippen LogP contribution >= 0.6 is 15.9 Å². The van der Waals surface area contributed by atoms with E-state index in [2.05, 4.69) is 15.9 Å². The van der Waals surface area contributed by atoms with Gasteiger partial charge in [0.05, 0.1) is 11.2 Å². The van der Waals surface area contributed by atoms with E-state index in [0.29, 0.717) is 30.4 Å². The first-order valence-corrected chi connectivity index (χ1v) is 6.66. The van der Waals surface area contributed by atoms with E-state index in [1.807, 2.05) is 0 Å². The molecule has 1 amide bonds. The molecule has 1 aromatic carbocycles. The van der Waals surface area contributed by atoms with Crippen LogP contribution in [0.3, 0.4) is 0 Å². The highest BCUT2D eigenvalue weighted by Crippen LogP contribution is 2.26. The summed E-state index contributed by atoms with van der Waals surface area (Å²) in [4.78, 5) is 13.8. The molecule has 2 rings (SSSR count). The Hall–Kier alpha value is -0.940. The average molecular weight is 316 g/mol. The summed E-state index contributed by atoms with van der Waals surface area (Å²) in [7, 11) is 0. The van der Waals surface area contributed by atoms with Crippen LogP contribution in [0.25, 0.3) is 0 Å². The lowest BCUT2D eigenvalue weighted by molar-refractivity contribution is -0.00216. The van der Waals surface area contributed by atoms with Crippen LogP contribution in [0.1, 0.15) is 30.1 Å². The Balaban J connectivity index is 2.18. The molecule has 0 unspecified atom stereocenters. The Kier molecular flexibility index (Phi) is 3.73. The van der Waals surface area contributed by atoms with E-state index in [1.54, 1.807) is 24.0 Å². The van der Waals surface area contributed by atoms with Crippen LogP contribution in [-0.4, -0.2) is 34.6 Å². The zero-order valence-corrected chi connectivity index (χ0v) is 11.7. The van der Waals surface area contributed by atoms with Gasteiger partial charge in [-0.15, -0.1) is 0 Å². The third kappa shape index (κ3) is 2.72. The standard InChI is InChI=1S/C13H15BrFNO2/c1-13(18)5-7-16(8-6-13)12(17)11-9(14)3-2-4-10(11)15/h2-4,18H,5-8H2,1H3. The number of carbonyl (C=O) groups is 1. The monoisotopic (exact) mass is 315 g/mol. The second-order valence-corrected chi connectivity index (χ2v) is 5.74. The number of aliphatic hydroxyl groups is 1. The van der Waals surface area contributed by atoms with Gasteiger partial charge in [0, 0.05) is 17.6 Å². The molecule has 3 nitrogen and oxygen atoms in total. The average Bonchev–Trinajstić information content (AvgIpc) is 2.28. The predicted molar refractivity (Wildman–Crippen MR) is 69.9 cm³/mol. The molecule has 0 spiro atoms. The molecule has 0 aromatic heterocycles. The van der Waals surface area contributed by atoms with Crippen molar-refractivity contribution in [1.29, 1.82) is 0 Å². The largest absolute Gasteiger partial charge is 0.390 e. The van der Waals surface area contributed by atoms with Gasteiger partial charge < -0.3 is 10.0 Å². The minimum Gasteiger partial charge on any atom is -0.390 e. The van der Waals surface area contributed by atoms with Gasteiger partial charge in [0.1, 0.15) is 5.82 Å². The molecule has 5 heteroatoms. The summed E-state index contributed by atoms with van der Waals surface area (Å²) in [6.45, 7) is 2.66. The normalized spacial score (nSPS) is 18.8. The van der Waals surface area contributed by atoms with Gasteiger partial charge in [-0.1, -0.05) is 6.07 Å². The highest BCUT2D eigenvalue weighted by atomic mass is 79.9. The smallest absolute Gasteiger partial charge is 0.257 e. The van der Waals surface area contributed by atoms with E-state index in [9.17, 15) is 14.3 Å². The van der Waals surface area contributed by atoms with Crippen molar-refractivity contribution in [2.45, 2.75) is 25.4 Å². The number of halogens is 2. The topological polar surface area (TPSA) is 40.5 Å². The maximum Gasteiger partial charge on any atom is 0.257 e. The molecule has 1 N–H and O–H groups in total. The fourth-order valence-corrected chi connectivity index (χ4v) is 2.56. The molecule has 1 saturated heterocycles. The maximum absolute atomic E-state index is 13.7. The molecule has 1 heterocycles. The van der Waals surface area contributed by atoms with E-state index in [-0.39, 0.29) is 11.5 Å². The molecule has 0 atom stereocenters. The lowest BCUT2D eigenvalue weighted by Gasteiger charge is -2.35. The van der Waals surface area contributed by atoms with Crippen molar-refractivity contribution < 1.29 is 14.3 Å². The number of likely N-dealkylation sites (tertiary alicyclic amines) is 1. The molecular formula is C13H15BrFNO2. The Bertz CT molecular complexity index is 446. The number of carbonyl (C=O) groups excluding carboxylic acids is 1. The summed E-state index contributed by atoms with van der Waals surface area (Å²) in [5.74, 6) is -0.845. The molecule has 18 heavy (non-hydrogen) atoms. The molecule has 98 valence electrons. The lowest BCUT2D eigenvalue weighted by Crippen LogP contribution is -2.45. The summed E-state index contributed by atoms with van der Waals surface area (Å²) in [5.41, 5.74) is -0.650. The third-order valence-corrected chi connectivity index (χ3v) is 3.97. The maximum atomic E-state index is 13.7. The van der Waals surface area contributed by atoms with E-state index >= 15 is 0 Å². The van der Waals surface area contributed by atoms with E-state index in [1.165, 1.54) is 6.07 Å². The van der Waals surface area contributed by atoms with Crippen molar-refractivity contribution in [2.24, 2.45) is 0 Å². The van der Waals surface area contributed by atoms with E-state index in [4.69, 9.17) is 0 Å². The summed E-state index contributed by atoms with van der Waals surface area (Å²) < 4.78 is 14.1. The molecular weight excluding hydrogens is 301 g/mol. The van der Waals surface area contributed by atoms with Crippen molar-refractivity contribution >= 4 is 21.8 Å². The number of rotatable bonds is 1.